The Bertz CT molecular complexity index is 874. The number of benzene rings is 2. The van der Waals surface area contributed by atoms with Crippen LogP contribution < -0.4 is 0 Å². The number of carbonyl (C=O) groups is 1. The van der Waals surface area contributed by atoms with Crippen molar-refractivity contribution in [3.05, 3.63) is 59.2 Å². The van der Waals surface area contributed by atoms with Gasteiger partial charge in [-0.15, -0.1) is 0 Å². The van der Waals surface area contributed by atoms with Crippen molar-refractivity contribution in [3.8, 4) is 11.3 Å². The van der Waals surface area contributed by atoms with Crippen LogP contribution in [0.1, 0.15) is 20.8 Å². The van der Waals surface area contributed by atoms with Crippen molar-refractivity contribution in [2.45, 2.75) is 26.4 Å². The fourth-order valence-corrected chi connectivity index (χ4v) is 2.89. The minimum atomic E-state index is -0.533. The van der Waals surface area contributed by atoms with E-state index in [1.165, 1.54) is 5.39 Å². The van der Waals surface area contributed by atoms with Gasteiger partial charge in [-0.25, -0.2) is 4.79 Å². The zero-order valence-corrected chi connectivity index (χ0v) is 14.9. The Balaban J connectivity index is 2.06. The Morgan fingerprint density at radius 3 is 2.43 bits per heavy atom. The van der Waals surface area contributed by atoms with Crippen LogP contribution in [0, 0.1) is 0 Å². The minimum absolute atomic E-state index is 0.383. The number of rotatable bonds is 1. The predicted molar refractivity (Wildman–Crippen MR) is 96.7 cm³/mol. The normalized spacial score (nSPS) is 11.7. The molecule has 0 atom stereocenters. The predicted octanol–water partition coefficient (Wildman–Crippen LogP) is 5.85. The van der Waals surface area contributed by atoms with Gasteiger partial charge in [0.25, 0.3) is 0 Å². The highest BCUT2D eigenvalue weighted by atomic mass is 79.9. The molecule has 0 radical (unpaired) electrons. The Labute approximate surface area is 144 Å². The number of hydrogen-bond acceptors (Lipinski definition) is 2. The lowest BCUT2D eigenvalue weighted by Gasteiger charge is -2.20. The van der Waals surface area contributed by atoms with Crippen LogP contribution in [0.5, 0.6) is 0 Å². The summed E-state index contributed by atoms with van der Waals surface area (Å²) in [7, 11) is 0. The summed E-state index contributed by atoms with van der Waals surface area (Å²) in [6, 6.07) is 16.2. The van der Waals surface area contributed by atoms with Gasteiger partial charge in [-0.3, -0.25) is 4.57 Å². The van der Waals surface area contributed by atoms with Gasteiger partial charge in [0.15, 0.2) is 0 Å². The first kappa shape index (κ1) is 15.8. The summed E-state index contributed by atoms with van der Waals surface area (Å²) in [4.78, 5) is 12.5. The third-order valence-electron chi connectivity index (χ3n) is 3.42. The maximum Gasteiger partial charge on any atom is 0.419 e. The summed E-state index contributed by atoms with van der Waals surface area (Å²) >= 11 is 3.45. The molecule has 3 rings (SSSR count). The highest BCUT2D eigenvalue weighted by Crippen LogP contribution is 2.29. The van der Waals surface area contributed by atoms with E-state index in [2.05, 4.69) is 40.2 Å². The molecule has 0 aliphatic carbocycles. The van der Waals surface area contributed by atoms with E-state index in [1.54, 1.807) is 10.8 Å². The average Bonchev–Trinajstić information content (AvgIpc) is 2.87. The van der Waals surface area contributed by atoms with Crippen molar-refractivity contribution in [1.82, 2.24) is 4.57 Å². The summed E-state index contributed by atoms with van der Waals surface area (Å²) in [5, 5.41) is 2.31. The molecule has 1 heterocycles. The molecular weight excluding hydrogens is 354 g/mol. The zero-order chi connectivity index (χ0) is 16.6. The van der Waals surface area contributed by atoms with Gasteiger partial charge in [0.2, 0.25) is 0 Å². The number of carbonyl (C=O) groups excluding carboxylic acids is 1. The van der Waals surface area contributed by atoms with Crippen LogP contribution in [0.3, 0.4) is 0 Å². The molecule has 0 saturated carbocycles. The molecule has 0 fully saturated rings. The van der Waals surface area contributed by atoms with E-state index in [0.29, 0.717) is 0 Å². The van der Waals surface area contributed by atoms with E-state index in [0.717, 1.165) is 21.1 Å². The van der Waals surface area contributed by atoms with Crippen LogP contribution in [-0.2, 0) is 4.74 Å². The van der Waals surface area contributed by atoms with Crippen LogP contribution in [0.2, 0.25) is 0 Å². The first-order valence-electron chi connectivity index (χ1n) is 7.44. The second-order valence-corrected chi connectivity index (χ2v) is 7.37. The molecule has 23 heavy (non-hydrogen) atoms. The van der Waals surface area contributed by atoms with E-state index in [-0.39, 0.29) is 6.09 Å². The largest absolute Gasteiger partial charge is 0.443 e. The van der Waals surface area contributed by atoms with Gasteiger partial charge in [-0.2, -0.15) is 0 Å². The highest BCUT2D eigenvalue weighted by Gasteiger charge is 2.20. The molecule has 0 saturated heterocycles. The molecule has 1 aromatic heterocycles. The second kappa shape index (κ2) is 5.85. The molecule has 3 aromatic rings. The smallest absolute Gasteiger partial charge is 0.419 e. The summed E-state index contributed by atoms with van der Waals surface area (Å²) in [6.07, 6.45) is 1.35. The van der Waals surface area contributed by atoms with Crippen molar-refractivity contribution in [1.29, 1.82) is 0 Å². The Hall–Kier alpha value is -2.07. The maximum atomic E-state index is 12.5. The maximum absolute atomic E-state index is 12.5. The van der Waals surface area contributed by atoms with Crippen molar-refractivity contribution in [2.24, 2.45) is 0 Å². The standard InChI is InChI=1S/C19H18BrNO2/c1-19(2,3)23-18(22)21-12-16(20)11-17(21)15-9-8-13-6-4-5-7-14(13)10-15/h4-12H,1-3H3. The molecule has 118 valence electrons. The Morgan fingerprint density at radius 2 is 1.74 bits per heavy atom. The van der Waals surface area contributed by atoms with Crippen LogP contribution >= 0.6 is 15.9 Å². The van der Waals surface area contributed by atoms with Gasteiger partial charge < -0.3 is 4.74 Å². The van der Waals surface area contributed by atoms with Crippen molar-refractivity contribution < 1.29 is 9.53 Å². The van der Waals surface area contributed by atoms with Crippen molar-refractivity contribution in [2.75, 3.05) is 0 Å². The lowest BCUT2D eigenvalue weighted by molar-refractivity contribution is 0.0540. The van der Waals surface area contributed by atoms with Crippen molar-refractivity contribution >= 4 is 32.8 Å². The number of nitrogens with zero attached hydrogens (tertiary/aromatic N) is 1. The quantitative estimate of drug-likeness (QED) is 0.536. The summed E-state index contributed by atoms with van der Waals surface area (Å²) in [5.41, 5.74) is 1.24. The van der Waals surface area contributed by atoms with E-state index >= 15 is 0 Å². The SMILES string of the molecule is CC(C)(C)OC(=O)n1cc(Br)cc1-c1ccc2ccccc2c1. The molecule has 0 amide bonds. The van der Waals surface area contributed by atoms with E-state index < -0.39 is 5.60 Å². The molecular formula is C19H18BrNO2. The summed E-state index contributed by atoms with van der Waals surface area (Å²) in [6.45, 7) is 5.58. The molecule has 0 N–H and O–H groups in total. The summed E-state index contributed by atoms with van der Waals surface area (Å²) in [5.74, 6) is 0. The van der Waals surface area contributed by atoms with Gasteiger partial charge in [0.05, 0.1) is 5.69 Å². The number of ether oxygens (including phenoxy) is 1. The van der Waals surface area contributed by atoms with Crippen LogP contribution in [0.25, 0.3) is 22.0 Å². The fourth-order valence-electron chi connectivity index (χ4n) is 2.46. The molecule has 0 unspecified atom stereocenters. The van der Waals surface area contributed by atoms with Crippen LogP contribution in [0.4, 0.5) is 4.79 Å². The molecule has 4 heteroatoms. The highest BCUT2D eigenvalue weighted by molar-refractivity contribution is 9.10. The summed E-state index contributed by atoms with van der Waals surface area (Å²) < 4.78 is 7.87. The first-order valence-corrected chi connectivity index (χ1v) is 8.23. The zero-order valence-electron chi connectivity index (χ0n) is 13.3. The average molecular weight is 372 g/mol. The molecule has 0 spiro atoms. The molecule has 0 aliphatic rings. The molecule has 2 aromatic carbocycles. The lowest BCUT2D eigenvalue weighted by atomic mass is 10.1. The van der Waals surface area contributed by atoms with E-state index in [4.69, 9.17) is 4.74 Å². The third-order valence-corrected chi connectivity index (χ3v) is 3.86. The van der Waals surface area contributed by atoms with Gasteiger partial charge in [0.1, 0.15) is 5.60 Å². The van der Waals surface area contributed by atoms with Gasteiger partial charge in [-0.1, -0.05) is 36.4 Å². The van der Waals surface area contributed by atoms with Crippen LogP contribution in [0.15, 0.2) is 59.2 Å². The number of hydrogen-bond donors (Lipinski definition) is 0. The van der Waals surface area contributed by atoms with Crippen molar-refractivity contribution in [3.63, 3.8) is 0 Å². The third kappa shape index (κ3) is 3.48. The minimum Gasteiger partial charge on any atom is -0.443 e. The first-order chi connectivity index (χ1) is 10.8. The van der Waals surface area contributed by atoms with Gasteiger partial charge in [0, 0.05) is 10.7 Å². The second-order valence-electron chi connectivity index (χ2n) is 6.46. The van der Waals surface area contributed by atoms with Gasteiger partial charge in [-0.05, 0) is 65.2 Å². The molecule has 0 aliphatic heterocycles. The number of aromatic nitrogens is 1. The monoisotopic (exact) mass is 371 g/mol. The van der Waals surface area contributed by atoms with E-state index in [1.807, 2.05) is 45.0 Å². The van der Waals surface area contributed by atoms with Gasteiger partial charge >= 0.3 is 6.09 Å². The molecule has 3 nitrogen and oxygen atoms in total. The number of fused-ring (bicyclic) bond motifs is 1. The Kier molecular flexibility index (Phi) is 4.02. The fraction of sp³-hybridized carbons (Fsp3) is 0.211. The number of halogens is 1. The molecule has 0 bridgehead atoms. The van der Waals surface area contributed by atoms with E-state index in [9.17, 15) is 4.79 Å². The lowest BCUT2D eigenvalue weighted by Crippen LogP contribution is -2.27. The Morgan fingerprint density at radius 1 is 1.04 bits per heavy atom. The van der Waals surface area contributed by atoms with Crippen LogP contribution in [-0.4, -0.2) is 16.3 Å². The topological polar surface area (TPSA) is 31.2 Å².